The van der Waals surface area contributed by atoms with Crippen LogP contribution < -0.4 is 10.1 Å². The quantitative estimate of drug-likeness (QED) is 0.680. The number of anilines is 1. The zero-order valence-corrected chi connectivity index (χ0v) is 14.5. The number of benzene rings is 1. The molecule has 124 valence electrons. The lowest BCUT2D eigenvalue weighted by Gasteiger charge is -2.25. The molecule has 2 aliphatic heterocycles. The van der Waals surface area contributed by atoms with Gasteiger partial charge in [0.1, 0.15) is 6.61 Å². The van der Waals surface area contributed by atoms with Crippen molar-refractivity contribution in [2.75, 3.05) is 19.0 Å². The minimum Gasteiger partial charge on any atom is -0.503 e. The number of methoxy groups -OCH3 is 1. The molecule has 7 nitrogen and oxygen atoms in total. The second-order valence-electron chi connectivity index (χ2n) is 5.69. The van der Waals surface area contributed by atoms with Crippen molar-refractivity contribution in [3.63, 3.8) is 0 Å². The second kappa shape index (κ2) is 5.27. The Hall–Kier alpha value is -2.48. The number of ether oxygens (including phenoxy) is 2. The minimum absolute atomic E-state index is 0.0162. The van der Waals surface area contributed by atoms with Crippen molar-refractivity contribution >= 4 is 27.7 Å². The van der Waals surface area contributed by atoms with Crippen LogP contribution in [0.2, 0.25) is 0 Å². The van der Waals surface area contributed by atoms with E-state index in [-0.39, 0.29) is 24.2 Å². The van der Waals surface area contributed by atoms with Gasteiger partial charge < -0.3 is 19.9 Å². The minimum atomic E-state index is -0.351. The fourth-order valence-corrected chi connectivity index (χ4v) is 3.69. The summed E-state index contributed by atoms with van der Waals surface area (Å²) in [5.41, 5.74) is 3.82. The number of cyclic esters (lactones) is 1. The van der Waals surface area contributed by atoms with Crippen LogP contribution in [0.4, 0.5) is 5.82 Å². The average molecular weight is 392 g/mol. The monoisotopic (exact) mass is 391 g/mol. The normalized spacial score (nSPS) is 18.8. The molecule has 4 rings (SSSR count). The predicted octanol–water partition coefficient (Wildman–Crippen LogP) is 2.56. The van der Waals surface area contributed by atoms with Crippen molar-refractivity contribution in [3.05, 3.63) is 44.7 Å². The van der Waals surface area contributed by atoms with Gasteiger partial charge in [-0.2, -0.15) is 5.10 Å². The number of halogens is 1. The van der Waals surface area contributed by atoms with Gasteiger partial charge in [-0.3, -0.25) is 5.10 Å². The summed E-state index contributed by atoms with van der Waals surface area (Å²) in [6.45, 7) is 2.10. The van der Waals surface area contributed by atoms with Gasteiger partial charge >= 0.3 is 5.97 Å². The number of carbonyl (C=O) groups excluding carboxylic acids is 1. The van der Waals surface area contributed by atoms with Gasteiger partial charge in [0.05, 0.1) is 22.9 Å². The maximum absolute atomic E-state index is 12.3. The van der Waals surface area contributed by atoms with Gasteiger partial charge in [0.2, 0.25) is 0 Å². The number of hydrogen-bond acceptors (Lipinski definition) is 6. The Kier molecular flexibility index (Phi) is 3.31. The number of hydrogen-bond donors (Lipinski definition) is 3. The van der Waals surface area contributed by atoms with Gasteiger partial charge in [-0.1, -0.05) is 0 Å². The number of aromatic amines is 1. The standard InChI is InChI=1S/C16H14BrN3O4/c1-6-11-12(7-3-8(17)14(21)10(4-7)23-2)13-9(5-24-16(13)22)18-15(11)20-19-6/h3-4,12,21H,5H2,1-2H3,(H2,18,19,20)/t12-/m1/s1. The van der Waals surface area contributed by atoms with Crippen LogP contribution in [-0.2, 0) is 9.53 Å². The fourth-order valence-electron chi connectivity index (χ4n) is 3.23. The highest BCUT2D eigenvalue weighted by molar-refractivity contribution is 9.10. The van der Waals surface area contributed by atoms with E-state index in [2.05, 4.69) is 31.4 Å². The Morgan fingerprint density at radius 1 is 1.46 bits per heavy atom. The molecule has 0 bridgehead atoms. The highest BCUT2D eigenvalue weighted by Crippen LogP contribution is 2.47. The third-order valence-electron chi connectivity index (χ3n) is 4.34. The van der Waals surface area contributed by atoms with Crippen molar-refractivity contribution in [2.24, 2.45) is 0 Å². The number of fused-ring (bicyclic) bond motifs is 1. The van der Waals surface area contributed by atoms with Crippen LogP contribution in [0.5, 0.6) is 11.5 Å². The molecule has 0 amide bonds. The van der Waals surface area contributed by atoms with Crippen LogP contribution in [0.25, 0.3) is 0 Å². The fraction of sp³-hybridized carbons (Fsp3) is 0.250. The molecule has 0 spiro atoms. The number of rotatable bonds is 2. The van der Waals surface area contributed by atoms with Crippen molar-refractivity contribution < 1.29 is 19.4 Å². The zero-order valence-electron chi connectivity index (χ0n) is 12.9. The van der Waals surface area contributed by atoms with Crippen molar-refractivity contribution in [1.82, 2.24) is 10.2 Å². The van der Waals surface area contributed by atoms with Crippen molar-refractivity contribution in [1.29, 1.82) is 0 Å². The smallest absolute Gasteiger partial charge is 0.337 e. The molecule has 0 radical (unpaired) electrons. The van der Waals surface area contributed by atoms with Crippen LogP contribution in [0.3, 0.4) is 0 Å². The number of H-pyrrole nitrogens is 1. The summed E-state index contributed by atoms with van der Waals surface area (Å²) in [5.74, 6) is 0.321. The summed E-state index contributed by atoms with van der Waals surface area (Å²) in [4.78, 5) is 12.3. The molecule has 2 aromatic rings. The Balaban J connectivity index is 1.97. The van der Waals surface area contributed by atoms with Gasteiger partial charge in [-0.05, 0) is 40.5 Å². The second-order valence-corrected chi connectivity index (χ2v) is 6.55. The summed E-state index contributed by atoms with van der Waals surface area (Å²) in [6.07, 6.45) is 0. The first-order valence-electron chi connectivity index (χ1n) is 7.29. The summed E-state index contributed by atoms with van der Waals surface area (Å²) in [5, 5.41) is 20.5. The predicted molar refractivity (Wildman–Crippen MR) is 89.1 cm³/mol. The highest BCUT2D eigenvalue weighted by atomic mass is 79.9. The van der Waals surface area contributed by atoms with Crippen LogP contribution in [0.15, 0.2) is 27.9 Å². The SMILES string of the molecule is COc1cc([C@H]2C3=C(COC3=O)Nc3n[nH]c(C)c32)cc(Br)c1O. The first-order chi connectivity index (χ1) is 11.5. The number of carbonyl (C=O) groups is 1. The van der Waals surface area contributed by atoms with E-state index in [1.807, 2.05) is 6.92 Å². The maximum atomic E-state index is 12.3. The van der Waals surface area contributed by atoms with E-state index in [0.29, 0.717) is 27.3 Å². The van der Waals surface area contributed by atoms with Crippen molar-refractivity contribution in [2.45, 2.75) is 12.8 Å². The molecule has 1 aromatic heterocycles. The number of nitrogens with one attached hydrogen (secondary N) is 2. The average Bonchev–Trinajstić information content (AvgIpc) is 3.12. The first-order valence-corrected chi connectivity index (χ1v) is 8.09. The summed E-state index contributed by atoms with van der Waals surface area (Å²) in [6, 6.07) is 3.50. The summed E-state index contributed by atoms with van der Waals surface area (Å²) >= 11 is 3.34. The van der Waals surface area contributed by atoms with Crippen LogP contribution >= 0.6 is 15.9 Å². The lowest BCUT2D eigenvalue weighted by molar-refractivity contribution is -0.136. The number of phenolic OH excluding ortho intramolecular Hbond substituents is 1. The molecule has 0 saturated carbocycles. The van der Waals surface area contributed by atoms with Gasteiger partial charge in [-0.15, -0.1) is 0 Å². The summed E-state index contributed by atoms with van der Waals surface area (Å²) in [7, 11) is 1.48. The number of esters is 1. The van der Waals surface area contributed by atoms with Crippen LogP contribution in [0, 0.1) is 6.92 Å². The van der Waals surface area contributed by atoms with Crippen LogP contribution in [-0.4, -0.2) is 35.0 Å². The number of aryl methyl sites for hydroxylation is 1. The number of aromatic hydroxyl groups is 1. The van der Waals surface area contributed by atoms with E-state index in [1.54, 1.807) is 12.1 Å². The maximum Gasteiger partial charge on any atom is 0.337 e. The lowest BCUT2D eigenvalue weighted by atomic mass is 9.82. The Labute approximate surface area is 145 Å². The molecule has 0 unspecified atom stereocenters. The van der Waals surface area contributed by atoms with E-state index in [4.69, 9.17) is 9.47 Å². The molecule has 24 heavy (non-hydrogen) atoms. The Morgan fingerprint density at radius 2 is 2.25 bits per heavy atom. The van der Waals surface area contributed by atoms with E-state index in [0.717, 1.165) is 16.8 Å². The molecular formula is C16H14BrN3O4. The van der Waals surface area contributed by atoms with E-state index >= 15 is 0 Å². The van der Waals surface area contributed by atoms with Gasteiger partial charge in [0.15, 0.2) is 17.3 Å². The first kappa shape index (κ1) is 15.1. The third kappa shape index (κ3) is 2.02. The van der Waals surface area contributed by atoms with E-state index in [9.17, 15) is 9.90 Å². The molecule has 1 aromatic carbocycles. The Morgan fingerprint density at radius 3 is 3.00 bits per heavy atom. The highest BCUT2D eigenvalue weighted by Gasteiger charge is 2.41. The molecule has 3 heterocycles. The molecule has 0 fully saturated rings. The van der Waals surface area contributed by atoms with Crippen molar-refractivity contribution in [3.8, 4) is 11.5 Å². The van der Waals surface area contributed by atoms with Gasteiger partial charge in [0, 0.05) is 17.2 Å². The third-order valence-corrected chi connectivity index (χ3v) is 4.94. The largest absolute Gasteiger partial charge is 0.503 e. The molecule has 2 aliphatic rings. The molecule has 1 atom stereocenters. The van der Waals surface area contributed by atoms with Gasteiger partial charge in [-0.25, -0.2) is 4.79 Å². The zero-order chi connectivity index (χ0) is 17.0. The molecule has 0 saturated heterocycles. The van der Waals surface area contributed by atoms with E-state index < -0.39 is 0 Å². The topological polar surface area (TPSA) is 96.5 Å². The molecule has 8 heteroatoms. The number of aromatic nitrogens is 2. The van der Waals surface area contributed by atoms with Crippen LogP contribution in [0.1, 0.15) is 22.7 Å². The number of phenols is 1. The Bertz CT molecular complexity index is 903. The molecule has 0 aliphatic carbocycles. The lowest BCUT2D eigenvalue weighted by Crippen LogP contribution is -2.20. The molecule has 3 N–H and O–H groups in total. The molecular weight excluding hydrogens is 378 g/mol. The summed E-state index contributed by atoms with van der Waals surface area (Å²) < 4.78 is 10.9. The number of nitrogens with zero attached hydrogens (tertiary/aromatic N) is 1. The van der Waals surface area contributed by atoms with E-state index in [1.165, 1.54) is 7.11 Å². The van der Waals surface area contributed by atoms with Gasteiger partial charge in [0.25, 0.3) is 0 Å².